The van der Waals surface area contributed by atoms with E-state index in [9.17, 15) is 4.79 Å². The van der Waals surface area contributed by atoms with Gasteiger partial charge in [0.25, 0.3) is 0 Å². The number of hydrogen-bond acceptors (Lipinski definition) is 3. The van der Waals surface area contributed by atoms with Crippen molar-refractivity contribution >= 4 is 16.7 Å². The fraction of sp³-hybridized carbons (Fsp3) is 0.200. The van der Waals surface area contributed by atoms with Crippen molar-refractivity contribution in [1.82, 2.24) is 4.98 Å². The molecule has 1 N–H and O–H groups in total. The summed E-state index contributed by atoms with van der Waals surface area (Å²) >= 11 is 0. The summed E-state index contributed by atoms with van der Waals surface area (Å²) in [7, 11) is 1.63. The third-order valence-corrected chi connectivity index (χ3v) is 3.75. The van der Waals surface area contributed by atoms with E-state index in [0.717, 1.165) is 27.8 Å². The van der Waals surface area contributed by atoms with Crippen molar-refractivity contribution in [3.05, 3.63) is 72.1 Å². The first-order valence-corrected chi connectivity index (χ1v) is 7.69. The van der Waals surface area contributed by atoms with Crippen LogP contribution < -0.4 is 4.74 Å². The van der Waals surface area contributed by atoms with E-state index >= 15 is 0 Å². The lowest BCUT2D eigenvalue weighted by molar-refractivity contribution is -0.138. The third kappa shape index (κ3) is 4.56. The van der Waals surface area contributed by atoms with Gasteiger partial charge < -0.3 is 9.84 Å². The predicted molar refractivity (Wildman–Crippen MR) is 95.5 cm³/mol. The summed E-state index contributed by atoms with van der Waals surface area (Å²) < 4.78 is 5.14. The first-order chi connectivity index (χ1) is 11.5. The number of ether oxygens (including phenoxy) is 1. The third-order valence-electron chi connectivity index (χ3n) is 3.75. The number of hydrogen-bond donors (Lipinski definition) is 1. The Bertz CT molecular complexity index is 815. The van der Waals surface area contributed by atoms with E-state index in [1.54, 1.807) is 20.2 Å². The second-order valence-electron chi connectivity index (χ2n) is 5.50. The standard InChI is InChI=1S/C14H14O3.C6H7N/c1-9(14(15)16)10-3-4-12-8-13(17-2)6-5-11(12)7-10;1-6-4-2-3-5-7-6/h3-9H,1-2H3,(H,15,16);2-5H,1H3/t9-;/m0./s1. The average molecular weight is 323 g/mol. The SMILES string of the molecule is COc1ccc2cc([C@H](C)C(=O)O)ccc2c1.Cc1ccccn1. The summed E-state index contributed by atoms with van der Waals surface area (Å²) in [5.74, 6) is -0.490. The predicted octanol–water partition coefficient (Wildman–Crippen LogP) is 4.43. The summed E-state index contributed by atoms with van der Waals surface area (Å²) in [6, 6.07) is 17.3. The Morgan fingerprint density at radius 1 is 1.08 bits per heavy atom. The maximum absolute atomic E-state index is 10.9. The molecule has 0 unspecified atom stereocenters. The van der Waals surface area contributed by atoms with Crippen LogP contribution in [-0.2, 0) is 4.79 Å². The van der Waals surface area contributed by atoms with Crippen LogP contribution in [0.15, 0.2) is 60.8 Å². The van der Waals surface area contributed by atoms with E-state index in [-0.39, 0.29) is 0 Å². The number of nitrogens with zero attached hydrogens (tertiary/aromatic N) is 1. The number of aliphatic carboxylic acids is 1. The lowest BCUT2D eigenvalue weighted by Crippen LogP contribution is -2.06. The summed E-state index contributed by atoms with van der Waals surface area (Å²) in [5, 5.41) is 11.0. The van der Waals surface area contributed by atoms with Crippen LogP contribution in [0.2, 0.25) is 0 Å². The van der Waals surface area contributed by atoms with Gasteiger partial charge in [-0.25, -0.2) is 0 Å². The van der Waals surface area contributed by atoms with Gasteiger partial charge in [0.05, 0.1) is 13.0 Å². The van der Waals surface area contributed by atoms with Crippen molar-refractivity contribution in [3.8, 4) is 5.75 Å². The molecule has 0 saturated heterocycles. The zero-order chi connectivity index (χ0) is 17.5. The molecule has 1 atom stereocenters. The minimum Gasteiger partial charge on any atom is -0.497 e. The minimum atomic E-state index is -0.808. The van der Waals surface area contributed by atoms with Crippen LogP contribution in [0.3, 0.4) is 0 Å². The lowest BCUT2D eigenvalue weighted by Gasteiger charge is -2.08. The largest absolute Gasteiger partial charge is 0.497 e. The molecule has 0 aliphatic carbocycles. The van der Waals surface area contributed by atoms with Gasteiger partial charge in [0.2, 0.25) is 0 Å². The molecule has 2 aromatic carbocycles. The number of rotatable bonds is 3. The highest BCUT2D eigenvalue weighted by Gasteiger charge is 2.13. The Labute approximate surface area is 141 Å². The molecule has 4 nitrogen and oxygen atoms in total. The monoisotopic (exact) mass is 323 g/mol. The van der Waals surface area contributed by atoms with Gasteiger partial charge >= 0.3 is 5.97 Å². The molecular formula is C20H21NO3. The highest BCUT2D eigenvalue weighted by atomic mass is 16.5. The Balaban J connectivity index is 0.000000249. The van der Waals surface area contributed by atoms with Crippen LogP contribution in [0, 0.1) is 6.92 Å². The van der Waals surface area contributed by atoms with Gasteiger partial charge in [-0.15, -0.1) is 0 Å². The van der Waals surface area contributed by atoms with E-state index in [4.69, 9.17) is 9.84 Å². The van der Waals surface area contributed by atoms with E-state index < -0.39 is 11.9 Å². The fourth-order valence-corrected chi connectivity index (χ4v) is 2.23. The summed E-state index contributed by atoms with van der Waals surface area (Å²) in [5.41, 5.74) is 1.89. The van der Waals surface area contributed by atoms with Gasteiger partial charge in [-0.1, -0.05) is 30.3 Å². The molecule has 4 heteroatoms. The highest BCUT2D eigenvalue weighted by Crippen LogP contribution is 2.25. The van der Waals surface area contributed by atoms with Crippen LogP contribution in [0.1, 0.15) is 24.1 Å². The molecule has 1 heterocycles. The molecule has 3 aromatic rings. The molecule has 3 rings (SSSR count). The number of carboxylic acids is 1. The van der Waals surface area contributed by atoms with Crippen molar-refractivity contribution in [3.63, 3.8) is 0 Å². The molecule has 0 fully saturated rings. The molecule has 0 bridgehead atoms. The van der Waals surface area contributed by atoms with Crippen molar-refractivity contribution in [2.24, 2.45) is 0 Å². The second-order valence-corrected chi connectivity index (χ2v) is 5.50. The Morgan fingerprint density at radius 3 is 2.33 bits per heavy atom. The molecule has 0 saturated carbocycles. The van der Waals surface area contributed by atoms with Gasteiger partial charge in [0.15, 0.2) is 0 Å². The molecule has 1 aromatic heterocycles. The average Bonchev–Trinajstić information content (AvgIpc) is 2.61. The molecule has 0 aliphatic heterocycles. The maximum atomic E-state index is 10.9. The Hall–Kier alpha value is -2.88. The topological polar surface area (TPSA) is 59.4 Å². The van der Waals surface area contributed by atoms with Gasteiger partial charge in [-0.3, -0.25) is 9.78 Å². The molecule has 0 radical (unpaired) electrons. The molecule has 124 valence electrons. The Morgan fingerprint density at radius 2 is 1.79 bits per heavy atom. The first-order valence-electron chi connectivity index (χ1n) is 7.69. The normalized spacial score (nSPS) is 11.3. The minimum absolute atomic E-state index is 0.485. The van der Waals surface area contributed by atoms with Crippen LogP contribution in [0.4, 0.5) is 0 Å². The molecule has 0 amide bonds. The second kappa shape index (κ2) is 8.11. The van der Waals surface area contributed by atoms with Crippen LogP contribution >= 0.6 is 0 Å². The lowest BCUT2D eigenvalue weighted by atomic mass is 9.98. The van der Waals surface area contributed by atoms with E-state index in [2.05, 4.69) is 4.98 Å². The van der Waals surface area contributed by atoms with Gasteiger partial charge in [-0.05, 0) is 54.4 Å². The number of benzene rings is 2. The number of aromatic nitrogens is 1. The van der Waals surface area contributed by atoms with E-state index in [1.807, 2.05) is 61.5 Å². The molecule has 0 spiro atoms. The number of pyridine rings is 1. The van der Waals surface area contributed by atoms with Gasteiger partial charge in [-0.2, -0.15) is 0 Å². The Kier molecular flexibility index (Phi) is 5.90. The van der Waals surface area contributed by atoms with Crippen LogP contribution in [0.25, 0.3) is 10.8 Å². The quantitative estimate of drug-likeness (QED) is 0.775. The van der Waals surface area contributed by atoms with Crippen LogP contribution in [-0.4, -0.2) is 23.2 Å². The van der Waals surface area contributed by atoms with Crippen molar-refractivity contribution in [2.45, 2.75) is 19.8 Å². The molecule has 0 aliphatic rings. The number of carboxylic acid groups (broad SMARTS) is 1. The maximum Gasteiger partial charge on any atom is 0.310 e. The van der Waals surface area contributed by atoms with Crippen molar-refractivity contribution < 1.29 is 14.6 Å². The van der Waals surface area contributed by atoms with Crippen molar-refractivity contribution in [2.75, 3.05) is 7.11 Å². The summed E-state index contributed by atoms with van der Waals surface area (Å²) in [6.45, 7) is 3.66. The van der Waals surface area contributed by atoms with E-state index in [0.29, 0.717) is 0 Å². The molecule has 24 heavy (non-hydrogen) atoms. The first kappa shape index (κ1) is 17.5. The zero-order valence-electron chi connectivity index (χ0n) is 14.1. The smallest absolute Gasteiger partial charge is 0.310 e. The number of methoxy groups -OCH3 is 1. The summed E-state index contributed by atoms with van der Waals surface area (Å²) in [4.78, 5) is 14.9. The van der Waals surface area contributed by atoms with Crippen LogP contribution in [0.5, 0.6) is 5.75 Å². The van der Waals surface area contributed by atoms with Gasteiger partial charge in [0, 0.05) is 11.9 Å². The van der Waals surface area contributed by atoms with E-state index in [1.165, 1.54) is 0 Å². The fourth-order valence-electron chi connectivity index (χ4n) is 2.23. The number of carbonyl (C=O) groups is 1. The highest BCUT2D eigenvalue weighted by molar-refractivity contribution is 5.86. The summed E-state index contributed by atoms with van der Waals surface area (Å²) in [6.07, 6.45) is 1.79. The van der Waals surface area contributed by atoms with Crippen molar-refractivity contribution in [1.29, 1.82) is 0 Å². The molecular weight excluding hydrogens is 302 g/mol. The van der Waals surface area contributed by atoms with Gasteiger partial charge in [0.1, 0.15) is 5.75 Å². The number of fused-ring (bicyclic) bond motifs is 1. The number of aryl methyl sites for hydroxylation is 1. The zero-order valence-corrected chi connectivity index (χ0v) is 14.1.